The van der Waals surface area contributed by atoms with Gasteiger partial charge in [0, 0.05) is 21.3 Å². The van der Waals surface area contributed by atoms with E-state index in [-0.39, 0.29) is 0 Å². The van der Waals surface area contributed by atoms with Crippen molar-refractivity contribution in [3.05, 3.63) is 20.8 Å². The first-order valence-electron chi connectivity index (χ1n) is 4.84. The highest BCUT2D eigenvalue weighted by Gasteiger charge is 2.02. The summed E-state index contributed by atoms with van der Waals surface area (Å²) in [4.78, 5) is 3.75. The van der Waals surface area contributed by atoms with Gasteiger partial charge in [0.1, 0.15) is 0 Å². The van der Waals surface area contributed by atoms with Crippen molar-refractivity contribution in [1.29, 1.82) is 0 Å². The van der Waals surface area contributed by atoms with Crippen molar-refractivity contribution in [2.75, 3.05) is 20.1 Å². The summed E-state index contributed by atoms with van der Waals surface area (Å²) < 4.78 is 1.19. The van der Waals surface area contributed by atoms with E-state index < -0.39 is 0 Å². The van der Waals surface area contributed by atoms with E-state index in [2.05, 4.69) is 39.3 Å². The summed E-state index contributed by atoms with van der Waals surface area (Å²) in [5, 5.41) is 2.13. The molecule has 0 aliphatic carbocycles. The zero-order chi connectivity index (χ0) is 10.4. The fraction of sp³-hybridized carbons (Fsp3) is 0.600. The average molecular weight is 277 g/mol. The molecular weight excluding hydrogens is 260 g/mol. The Labute approximate surface area is 98.2 Å². The maximum Gasteiger partial charge on any atom is 0.0325 e. The fourth-order valence-corrected chi connectivity index (χ4v) is 2.84. The van der Waals surface area contributed by atoms with Crippen LogP contribution >= 0.6 is 27.3 Å². The third-order valence-electron chi connectivity index (χ3n) is 2.04. The molecule has 0 saturated heterocycles. The van der Waals surface area contributed by atoms with Gasteiger partial charge in [0.25, 0.3) is 0 Å². The number of nitrogens with zero attached hydrogens (tertiary/aromatic N) is 1. The topological polar surface area (TPSA) is 29.3 Å². The Kier molecular flexibility index (Phi) is 5.70. The third kappa shape index (κ3) is 4.55. The van der Waals surface area contributed by atoms with E-state index in [1.54, 1.807) is 11.3 Å². The summed E-state index contributed by atoms with van der Waals surface area (Å²) in [6.45, 7) is 2.98. The first kappa shape index (κ1) is 12.2. The van der Waals surface area contributed by atoms with E-state index in [0.717, 1.165) is 26.1 Å². The largest absolute Gasteiger partial charge is 0.330 e. The first-order chi connectivity index (χ1) is 6.72. The van der Waals surface area contributed by atoms with Gasteiger partial charge in [-0.05, 0) is 55.0 Å². The number of unbranched alkanes of at least 4 members (excludes halogenated alkanes) is 1. The normalized spacial score (nSPS) is 11.1. The zero-order valence-corrected chi connectivity index (χ0v) is 10.9. The standard InChI is InChI=1S/C10H17BrN2S/c1-13(5-3-2-4-12)7-10-6-9(11)8-14-10/h6,8H,2-5,7,12H2,1H3. The van der Waals surface area contributed by atoms with Crippen LogP contribution in [0.3, 0.4) is 0 Å². The molecule has 1 aromatic rings. The van der Waals surface area contributed by atoms with Gasteiger partial charge >= 0.3 is 0 Å². The maximum atomic E-state index is 5.45. The molecular formula is C10H17BrN2S. The number of hydrogen-bond acceptors (Lipinski definition) is 3. The van der Waals surface area contributed by atoms with Crippen LogP contribution in [0.25, 0.3) is 0 Å². The lowest BCUT2D eigenvalue weighted by Crippen LogP contribution is -2.19. The Hall–Kier alpha value is 0.1000. The molecule has 0 aliphatic rings. The van der Waals surface area contributed by atoms with Crippen LogP contribution in [-0.4, -0.2) is 25.0 Å². The minimum Gasteiger partial charge on any atom is -0.330 e. The van der Waals surface area contributed by atoms with E-state index in [0.29, 0.717) is 0 Å². The van der Waals surface area contributed by atoms with Crippen LogP contribution in [0.5, 0.6) is 0 Å². The summed E-state index contributed by atoms with van der Waals surface area (Å²) in [5.74, 6) is 0. The van der Waals surface area contributed by atoms with Crippen molar-refractivity contribution in [3.63, 3.8) is 0 Å². The van der Waals surface area contributed by atoms with Crippen LogP contribution in [0.1, 0.15) is 17.7 Å². The molecule has 0 aliphatic heterocycles. The SMILES string of the molecule is CN(CCCCN)Cc1cc(Br)cs1. The molecule has 2 nitrogen and oxygen atoms in total. The summed E-state index contributed by atoms with van der Waals surface area (Å²) in [5.41, 5.74) is 5.45. The molecule has 0 aromatic carbocycles. The van der Waals surface area contributed by atoms with Crippen LogP contribution in [0, 0.1) is 0 Å². The van der Waals surface area contributed by atoms with Crippen molar-refractivity contribution in [2.45, 2.75) is 19.4 Å². The molecule has 4 heteroatoms. The number of halogens is 1. The summed E-state index contributed by atoms with van der Waals surface area (Å²) in [6, 6.07) is 2.18. The molecule has 0 radical (unpaired) electrons. The third-order valence-corrected chi connectivity index (χ3v) is 3.72. The zero-order valence-electron chi connectivity index (χ0n) is 8.50. The Morgan fingerprint density at radius 2 is 2.29 bits per heavy atom. The molecule has 14 heavy (non-hydrogen) atoms. The van der Waals surface area contributed by atoms with Gasteiger partial charge in [0.05, 0.1) is 0 Å². The van der Waals surface area contributed by atoms with Gasteiger partial charge in [-0.25, -0.2) is 0 Å². The summed E-state index contributed by atoms with van der Waals surface area (Å²) >= 11 is 5.27. The second-order valence-corrected chi connectivity index (χ2v) is 5.38. The van der Waals surface area contributed by atoms with Crippen molar-refractivity contribution >= 4 is 27.3 Å². The quantitative estimate of drug-likeness (QED) is 0.810. The van der Waals surface area contributed by atoms with Crippen molar-refractivity contribution in [1.82, 2.24) is 4.90 Å². The van der Waals surface area contributed by atoms with Crippen molar-refractivity contribution in [2.24, 2.45) is 5.73 Å². The summed E-state index contributed by atoms with van der Waals surface area (Å²) in [6.07, 6.45) is 2.32. The lowest BCUT2D eigenvalue weighted by molar-refractivity contribution is 0.322. The van der Waals surface area contributed by atoms with Crippen LogP contribution in [0.15, 0.2) is 15.9 Å². The van der Waals surface area contributed by atoms with Gasteiger partial charge in [-0.2, -0.15) is 0 Å². The molecule has 1 rings (SSSR count). The second kappa shape index (κ2) is 6.56. The molecule has 2 N–H and O–H groups in total. The first-order valence-corrected chi connectivity index (χ1v) is 6.51. The molecule has 0 amide bonds. The van der Waals surface area contributed by atoms with Gasteiger partial charge in [-0.3, -0.25) is 0 Å². The van der Waals surface area contributed by atoms with E-state index >= 15 is 0 Å². The molecule has 1 heterocycles. The van der Waals surface area contributed by atoms with E-state index in [1.807, 2.05) is 0 Å². The molecule has 0 bridgehead atoms. The van der Waals surface area contributed by atoms with Crippen LogP contribution in [-0.2, 0) is 6.54 Å². The number of rotatable bonds is 6. The van der Waals surface area contributed by atoms with Gasteiger partial charge in [0.15, 0.2) is 0 Å². The summed E-state index contributed by atoms with van der Waals surface area (Å²) in [7, 11) is 2.16. The molecule has 80 valence electrons. The number of thiophene rings is 1. The monoisotopic (exact) mass is 276 g/mol. The van der Waals surface area contributed by atoms with Gasteiger partial charge < -0.3 is 10.6 Å². The van der Waals surface area contributed by atoms with Gasteiger partial charge in [-0.1, -0.05) is 0 Å². The Morgan fingerprint density at radius 1 is 1.50 bits per heavy atom. The van der Waals surface area contributed by atoms with E-state index in [1.165, 1.54) is 15.8 Å². The number of hydrogen-bond donors (Lipinski definition) is 1. The van der Waals surface area contributed by atoms with E-state index in [4.69, 9.17) is 5.73 Å². The molecule has 0 spiro atoms. The average Bonchev–Trinajstić information content (AvgIpc) is 2.52. The van der Waals surface area contributed by atoms with E-state index in [9.17, 15) is 0 Å². The minimum absolute atomic E-state index is 0.804. The molecule has 0 atom stereocenters. The molecule has 1 aromatic heterocycles. The smallest absolute Gasteiger partial charge is 0.0325 e. The molecule has 0 saturated carbocycles. The lowest BCUT2D eigenvalue weighted by Gasteiger charge is -2.14. The Morgan fingerprint density at radius 3 is 2.86 bits per heavy atom. The predicted molar refractivity (Wildman–Crippen MR) is 66.6 cm³/mol. The van der Waals surface area contributed by atoms with Crippen molar-refractivity contribution in [3.8, 4) is 0 Å². The van der Waals surface area contributed by atoms with Crippen molar-refractivity contribution < 1.29 is 0 Å². The van der Waals surface area contributed by atoms with Gasteiger partial charge in [-0.15, -0.1) is 11.3 Å². The second-order valence-electron chi connectivity index (χ2n) is 3.46. The van der Waals surface area contributed by atoms with Gasteiger partial charge in [0.2, 0.25) is 0 Å². The highest BCUT2D eigenvalue weighted by Crippen LogP contribution is 2.20. The fourth-order valence-electron chi connectivity index (χ4n) is 1.31. The van der Waals surface area contributed by atoms with Crippen LogP contribution in [0.2, 0.25) is 0 Å². The molecule has 0 fully saturated rings. The Bertz CT molecular complexity index is 262. The lowest BCUT2D eigenvalue weighted by atomic mass is 10.3. The highest BCUT2D eigenvalue weighted by atomic mass is 79.9. The maximum absolute atomic E-state index is 5.45. The minimum atomic E-state index is 0.804. The molecule has 0 unspecified atom stereocenters. The van der Waals surface area contributed by atoms with Crippen LogP contribution < -0.4 is 5.73 Å². The highest BCUT2D eigenvalue weighted by molar-refractivity contribution is 9.10. The Balaban J connectivity index is 2.23. The predicted octanol–water partition coefficient (Wildman–Crippen LogP) is 2.68. The number of nitrogens with two attached hydrogens (primary N) is 1. The van der Waals surface area contributed by atoms with Crippen LogP contribution in [0.4, 0.5) is 0 Å².